The molecule has 2 nitrogen and oxygen atoms in total. The lowest BCUT2D eigenvalue weighted by Gasteiger charge is -2.09. The molecule has 0 spiro atoms. The molecule has 0 saturated carbocycles. The van der Waals surface area contributed by atoms with Crippen LogP contribution in [0.1, 0.15) is 12.8 Å². The summed E-state index contributed by atoms with van der Waals surface area (Å²) in [6.07, 6.45) is -1.60. The Balaban J connectivity index is 2.30. The highest BCUT2D eigenvalue weighted by atomic mass is 79.9. The Hall–Kier alpha value is -0.780. The van der Waals surface area contributed by atoms with Crippen LogP contribution in [0.15, 0.2) is 22.9 Å². The third-order valence-electron chi connectivity index (χ3n) is 1.72. The zero-order chi connectivity index (χ0) is 11.3. The van der Waals surface area contributed by atoms with Crippen molar-refractivity contribution in [3.63, 3.8) is 0 Å². The van der Waals surface area contributed by atoms with Crippen LogP contribution in [0.5, 0.6) is 0 Å². The summed E-state index contributed by atoms with van der Waals surface area (Å²) >= 11 is 3.24. The molecule has 0 fully saturated rings. The van der Waals surface area contributed by atoms with Crippen LogP contribution in [-0.4, -0.2) is 17.7 Å². The first-order valence-corrected chi connectivity index (χ1v) is 5.18. The van der Waals surface area contributed by atoms with Gasteiger partial charge < -0.3 is 5.32 Å². The molecular formula is C9H10BrF3N2. The summed E-state index contributed by atoms with van der Waals surface area (Å²) in [5, 5.41) is 2.90. The second-order valence-corrected chi connectivity index (χ2v) is 3.86. The number of aromatic nitrogens is 1. The van der Waals surface area contributed by atoms with Crippen LogP contribution in [0, 0.1) is 0 Å². The van der Waals surface area contributed by atoms with E-state index in [0.29, 0.717) is 6.54 Å². The lowest BCUT2D eigenvalue weighted by molar-refractivity contribution is -0.134. The summed E-state index contributed by atoms with van der Waals surface area (Å²) in [4.78, 5) is 3.85. The van der Waals surface area contributed by atoms with Crippen molar-refractivity contribution in [2.45, 2.75) is 19.0 Å². The van der Waals surface area contributed by atoms with E-state index in [9.17, 15) is 13.2 Å². The fraction of sp³-hybridized carbons (Fsp3) is 0.444. The number of halogens is 4. The van der Waals surface area contributed by atoms with Crippen LogP contribution in [0.4, 0.5) is 18.9 Å². The molecule has 0 atom stereocenters. The molecule has 6 heteroatoms. The average molecular weight is 283 g/mol. The summed E-state index contributed by atoms with van der Waals surface area (Å²) in [6.45, 7) is 0.294. The average Bonchev–Trinajstić information content (AvgIpc) is 2.13. The number of hydrogen-bond acceptors (Lipinski definition) is 2. The molecule has 0 saturated heterocycles. The summed E-state index contributed by atoms with van der Waals surface area (Å²) in [5.74, 6) is 0. The lowest BCUT2D eigenvalue weighted by atomic mass is 10.3. The number of hydrogen-bond donors (Lipinski definition) is 1. The summed E-state index contributed by atoms with van der Waals surface area (Å²) in [5.41, 5.74) is 0.757. The largest absolute Gasteiger partial charge is 0.389 e. The van der Waals surface area contributed by atoms with E-state index < -0.39 is 12.6 Å². The normalized spacial score (nSPS) is 11.5. The van der Waals surface area contributed by atoms with Gasteiger partial charge in [-0.1, -0.05) is 0 Å². The van der Waals surface area contributed by atoms with Crippen molar-refractivity contribution in [1.82, 2.24) is 4.98 Å². The minimum Gasteiger partial charge on any atom is -0.384 e. The molecule has 0 aliphatic heterocycles. The van der Waals surface area contributed by atoms with Crippen molar-refractivity contribution in [2.75, 3.05) is 11.9 Å². The molecule has 0 aliphatic carbocycles. The molecule has 1 N–H and O–H groups in total. The molecular weight excluding hydrogens is 273 g/mol. The number of nitrogens with one attached hydrogen (secondary N) is 1. The predicted molar refractivity (Wildman–Crippen MR) is 55.7 cm³/mol. The van der Waals surface area contributed by atoms with Gasteiger partial charge in [-0.25, -0.2) is 0 Å². The number of rotatable bonds is 4. The highest BCUT2D eigenvalue weighted by Gasteiger charge is 2.25. The Morgan fingerprint density at radius 2 is 2.13 bits per heavy atom. The summed E-state index contributed by atoms with van der Waals surface area (Å²) < 4.78 is 36.2. The van der Waals surface area contributed by atoms with E-state index in [0.717, 1.165) is 10.2 Å². The standard InChI is InChI=1S/C9H10BrF3N2/c10-7-6-14-5-2-8(7)15-4-1-3-9(11,12)13/h2,5-6H,1,3-4H2,(H,14,15). The SMILES string of the molecule is FC(F)(F)CCCNc1ccncc1Br. The van der Waals surface area contributed by atoms with Gasteiger partial charge in [-0.3, -0.25) is 4.98 Å². The van der Waals surface area contributed by atoms with Gasteiger partial charge in [0.1, 0.15) is 0 Å². The number of pyridine rings is 1. The van der Waals surface area contributed by atoms with E-state index in [1.165, 1.54) is 0 Å². The van der Waals surface area contributed by atoms with Gasteiger partial charge in [0.05, 0.1) is 10.2 Å². The van der Waals surface area contributed by atoms with Crippen molar-refractivity contribution in [1.29, 1.82) is 0 Å². The first-order chi connectivity index (χ1) is 6.99. The van der Waals surface area contributed by atoms with E-state index in [1.807, 2.05) is 0 Å². The topological polar surface area (TPSA) is 24.9 Å². The highest BCUT2D eigenvalue weighted by Crippen LogP contribution is 2.23. The first kappa shape index (κ1) is 12.3. The molecule has 1 aromatic rings. The Morgan fingerprint density at radius 1 is 1.40 bits per heavy atom. The third kappa shape index (κ3) is 5.01. The van der Waals surface area contributed by atoms with Gasteiger partial charge in [-0.15, -0.1) is 0 Å². The molecule has 0 aromatic carbocycles. The van der Waals surface area contributed by atoms with E-state index >= 15 is 0 Å². The summed E-state index contributed by atoms with van der Waals surface area (Å²) in [6, 6.07) is 1.71. The fourth-order valence-corrected chi connectivity index (χ4v) is 1.42. The van der Waals surface area contributed by atoms with Crippen molar-refractivity contribution >= 4 is 21.6 Å². The Labute approximate surface area is 94.0 Å². The zero-order valence-electron chi connectivity index (χ0n) is 7.81. The Bertz CT molecular complexity index is 314. The van der Waals surface area contributed by atoms with Crippen molar-refractivity contribution in [2.24, 2.45) is 0 Å². The van der Waals surface area contributed by atoms with Crippen LogP contribution in [0.3, 0.4) is 0 Å². The minimum atomic E-state index is -4.07. The number of anilines is 1. The third-order valence-corrected chi connectivity index (χ3v) is 2.36. The van der Waals surface area contributed by atoms with Crippen LogP contribution in [0.25, 0.3) is 0 Å². The van der Waals surface area contributed by atoms with Crippen LogP contribution in [-0.2, 0) is 0 Å². The maximum Gasteiger partial charge on any atom is 0.389 e. The second-order valence-electron chi connectivity index (χ2n) is 3.00. The molecule has 0 radical (unpaired) electrons. The van der Waals surface area contributed by atoms with Gasteiger partial charge in [0.15, 0.2) is 0 Å². The molecule has 84 valence electrons. The van der Waals surface area contributed by atoms with Gasteiger partial charge in [0.25, 0.3) is 0 Å². The van der Waals surface area contributed by atoms with Crippen LogP contribution in [0.2, 0.25) is 0 Å². The summed E-state index contributed by atoms with van der Waals surface area (Å²) in [7, 11) is 0. The van der Waals surface area contributed by atoms with Gasteiger partial charge in [-0.05, 0) is 28.4 Å². The highest BCUT2D eigenvalue weighted by molar-refractivity contribution is 9.10. The molecule has 0 bridgehead atoms. The van der Waals surface area contributed by atoms with Crippen molar-refractivity contribution in [3.8, 4) is 0 Å². The number of nitrogens with zero attached hydrogens (tertiary/aromatic N) is 1. The Kier molecular flexibility index (Phi) is 4.38. The maximum absolute atomic E-state index is 11.8. The molecule has 1 aromatic heterocycles. The van der Waals surface area contributed by atoms with E-state index in [1.54, 1.807) is 18.5 Å². The quantitative estimate of drug-likeness (QED) is 0.854. The maximum atomic E-state index is 11.8. The van der Waals surface area contributed by atoms with Gasteiger partial charge >= 0.3 is 6.18 Å². The zero-order valence-corrected chi connectivity index (χ0v) is 9.40. The molecule has 0 aliphatic rings. The Morgan fingerprint density at radius 3 is 2.73 bits per heavy atom. The van der Waals surface area contributed by atoms with Gasteiger partial charge in [0, 0.05) is 25.4 Å². The fourth-order valence-electron chi connectivity index (χ4n) is 1.03. The minimum absolute atomic E-state index is 0.0677. The van der Waals surface area contributed by atoms with Gasteiger partial charge in [0.2, 0.25) is 0 Å². The van der Waals surface area contributed by atoms with Gasteiger partial charge in [-0.2, -0.15) is 13.2 Å². The lowest BCUT2D eigenvalue weighted by Crippen LogP contribution is -2.11. The van der Waals surface area contributed by atoms with Crippen molar-refractivity contribution < 1.29 is 13.2 Å². The van der Waals surface area contributed by atoms with E-state index in [-0.39, 0.29) is 6.42 Å². The van der Waals surface area contributed by atoms with E-state index in [4.69, 9.17) is 0 Å². The van der Waals surface area contributed by atoms with Crippen LogP contribution >= 0.6 is 15.9 Å². The van der Waals surface area contributed by atoms with E-state index in [2.05, 4.69) is 26.2 Å². The van der Waals surface area contributed by atoms with Crippen molar-refractivity contribution in [3.05, 3.63) is 22.9 Å². The molecule has 1 rings (SSSR count). The van der Waals surface area contributed by atoms with Crippen LogP contribution < -0.4 is 5.32 Å². The number of alkyl halides is 3. The monoisotopic (exact) mass is 282 g/mol. The molecule has 0 amide bonds. The smallest absolute Gasteiger partial charge is 0.384 e. The first-order valence-electron chi connectivity index (χ1n) is 4.39. The second kappa shape index (κ2) is 5.34. The molecule has 0 unspecified atom stereocenters. The predicted octanol–water partition coefficient (Wildman–Crippen LogP) is 3.60. The molecule has 15 heavy (non-hydrogen) atoms. The molecule has 1 heterocycles.